The van der Waals surface area contributed by atoms with Gasteiger partial charge in [0.1, 0.15) is 17.2 Å². The van der Waals surface area contributed by atoms with E-state index < -0.39 is 6.03 Å². The molecule has 2 heterocycles. The molecule has 0 atom stereocenters. The molecule has 2 aromatic carbocycles. The number of rotatable bonds is 2. The Bertz CT molecular complexity index is 1100. The van der Waals surface area contributed by atoms with E-state index in [4.69, 9.17) is 10.7 Å². The Hall–Kier alpha value is -3.37. The fourth-order valence-corrected chi connectivity index (χ4v) is 3.56. The Balaban J connectivity index is 1.69. The van der Waals surface area contributed by atoms with Crippen molar-refractivity contribution in [1.82, 2.24) is 14.5 Å². The van der Waals surface area contributed by atoms with Crippen LogP contribution in [0.2, 0.25) is 0 Å². The second-order valence-corrected chi connectivity index (χ2v) is 7.12. The first-order valence-corrected chi connectivity index (χ1v) is 9.51. The molecular formula is C22H22FN5O. The summed E-state index contributed by atoms with van der Waals surface area (Å²) in [6, 6.07) is 11.2. The zero-order valence-corrected chi connectivity index (χ0v) is 16.2. The molecular weight excluding hydrogens is 369 g/mol. The molecule has 1 saturated heterocycles. The zero-order valence-electron chi connectivity index (χ0n) is 16.2. The van der Waals surface area contributed by atoms with E-state index in [0.717, 1.165) is 37.4 Å². The Morgan fingerprint density at radius 2 is 1.86 bits per heavy atom. The van der Waals surface area contributed by atoms with Crippen molar-refractivity contribution in [1.29, 1.82) is 0 Å². The number of carbonyl (C=O) groups is 1. The van der Waals surface area contributed by atoms with Crippen molar-refractivity contribution in [3.8, 4) is 11.8 Å². The Morgan fingerprint density at radius 1 is 1.14 bits per heavy atom. The minimum Gasteiger partial charge on any atom is -0.367 e. The second kappa shape index (κ2) is 7.94. The molecule has 1 aliphatic heterocycles. The molecule has 0 radical (unpaired) electrons. The highest BCUT2D eigenvalue weighted by molar-refractivity contribution is 5.96. The number of halogens is 1. The van der Waals surface area contributed by atoms with Crippen LogP contribution < -0.4 is 10.6 Å². The van der Waals surface area contributed by atoms with Crippen LogP contribution >= 0.6 is 0 Å². The van der Waals surface area contributed by atoms with E-state index >= 15 is 0 Å². The molecule has 0 unspecified atom stereocenters. The van der Waals surface area contributed by atoms with E-state index in [-0.39, 0.29) is 12.2 Å². The van der Waals surface area contributed by atoms with Crippen LogP contribution in [0.15, 0.2) is 42.5 Å². The third-order valence-corrected chi connectivity index (χ3v) is 5.12. The normalized spacial score (nSPS) is 14.6. The van der Waals surface area contributed by atoms with Crippen LogP contribution in [0.4, 0.5) is 14.9 Å². The quantitative estimate of drug-likeness (QED) is 0.682. The van der Waals surface area contributed by atoms with Gasteiger partial charge in [-0.3, -0.25) is 0 Å². The van der Waals surface area contributed by atoms with Gasteiger partial charge in [0.05, 0.1) is 17.6 Å². The van der Waals surface area contributed by atoms with Gasteiger partial charge < -0.3 is 15.5 Å². The first-order valence-electron chi connectivity index (χ1n) is 9.51. The molecule has 1 aromatic heterocycles. The van der Waals surface area contributed by atoms with E-state index in [9.17, 15) is 9.18 Å². The van der Waals surface area contributed by atoms with Crippen LogP contribution in [0.25, 0.3) is 11.0 Å². The first kappa shape index (κ1) is 19.0. The number of nitrogens with two attached hydrogens (primary N) is 1. The highest BCUT2D eigenvalue weighted by Crippen LogP contribution is 2.28. The molecule has 0 spiro atoms. The zero-order chi connectivity index (χ0) is 20.4. The van der Waals surface area contributed by atoms with Crippen molar-refractivity contribution in [3.63, 3.8) is 0 Å². The number of amides is 1. The van der Waals surface area contributed by atoms with Crippen LogP contribution in [-0.2, 0) is 6.42 Å². The van der Waals surface area contributed by atoms with Gasteiger partial charge in [-0.15, -0.1) is 0 Å². The fraction of sp³-hybridized carbons (Fsp3) is 0.273. The van der Waals surface area contributed by atoms with E-state index in [1.165, 1.54) is 16.7 Å². The highest BCUT2D eigenvalue weighted by Gasteiger charge is 2.21. The Morgan fingerprint density at radius 3 is 2.55 bits per heavy atom. The van der Waals surface area contributed by atoms with Gasteiger partial charge in [-0.25, -0.2) is 18.7 Å². The van der Waals surface area contributed by atoms with Gasteiger partial charge in [0.2, 0.25) is 0 Å². The minimum atomic E-state index is -0.582. The smallest absolute Gasteiger partial charge is 0.324 e. The summed E-state index contributed by atoms with van der Waals surface area (Å²) in [5, 5.41) is 0. The third-order valence-electron chi connectivity index (χ3n) is 5.12. The molecule has 3 aromatic rings. The van der Waals surface area contributed by atoms with E-state index in [1.807, 2.05) is 18.2 Å². The fourth-order valence-electron chi connectivity index (χ4n) is 3.56. The minimum absolute atomic E-state index is 0.261. The van der Waals surface area contributed by atoms with Gasteiger partial charge in [-0.2, -0.15) is 0 Å². The van der Waals surface area contributed by atoms with Crippen molar-refractivity contribution >= 4 is 22.8 Å². The summed E-state index contributed by atoms with van der Waals surface area (Å²) in [5.74, 6) is 6.19. The number of primary amides is 1. The van der Waals surface area contributed by atoms with E-state index in [0.29, 0.717) is 16.9 Å². The maximum absolute atomic E-state index is 13.0. The van der Waals surface area contributed by atoms with Crippen molar-refractivity contribution < 1.29 is 9.18 Å². The average Bonchev–Trinajstić information content (AvgIpc) is 3.09. The predicted octanol–water partition coefficient (Wildman–Crippen LogP) is 2.45. The van der Waals surface area contributed by atoms with Gasteiger partial charge in [0.25, 0.3) is 0 Å². The lowest BCUT2D eigenvalue weighted by Gasteiger charge is -2.34. The van der Waals surface area contributed by atoms with Gasteiger partial charge >= 0.3 is 6.03 Å². The summed E-state index contributed by atoms with van der Waals surface area (Å²) in [6.45, 7) is 3.75. The number of fused-ring (bicyclic) bond motifs is 1. The number of imidazole rings is 1. The van der Waals surface area contributed by atoms with Crippen LogP contribution in [0, 0.1) is 17.7 Å². The molecule has 29 heavy (non-hydrogen) atoms. The molecule has 1 aliphatic rings. The first-order chi connectivity index (χ1) is 14.0. The number of hydrogen-bond acceptors (Lipinski definition) is 4. The third kappa shape index (κ3) is 3.93. The Labute approximate surface area is 168 Å². The molecule has 1 amide bonds. The van der Waals surface area contributed by atoms with Crippen LogP contribution in [0.1, 0.15) is 11.4 Å². The van der Waals surface area contributed by atoms with Crippen molar-refractivity contribution in [2.45, 2.75) is 6.42 Å². The lowest BCUT2D eigenvalue weighted by Crippen LogP contribution is -2.44. The summed E-state index contributed by atoms with van der Waals surface area (Å²) in [7, 11) is 2.11. The monoisotopic (exact) mass is 391 g/mol. The highest BCUT2D eigenvalue weighted by atomic mass is 19.1. The summed E-state index contributed by atoms with van der Waals surface area (Å²) >= 11 is 0. The number of likely N-dealkylation sites (N-methyl/N-ethyl adjacent to an activating group) is 1. The summed E-state index contributed by atoms with van der Waals surface area (Å²) < 4.78 is 14.5. The average molecular weight is 391 g/mol. The lowest BCUT2D eigenvalue weighted by atomic mass is 10.2. The van der Waals surface area contributed by atoms with Crippen LogP contribution in [0.5, 0.6) is 0 Å². The molecule has 1 fully saturated rings. The molecule has 0 bridgehead atoms. The topological polar surface area (TPSA) is 67.4 Å². The van der Waals surface area contributed by atoms with Crippen molar-refractivity contribution in [2.75, 3.05) is 38.1 Å². The molecule has 6 nitrogen and oxygen atoms in total. The molecule has 0 aliphatic carbocycles. The van der Waals surface area contributed by atoms with Gasteiger partial charge in [0.15, 0.2) is 0 Å². The number of hydrogen-bond donors (Lipinski definition) is 1. The van der Waals surface area contributed by atoms with Gasteiger partial charge in [-0.1, -0.05) is 17.9 Å². The van der Waals surface area contributed by atoms with E-state index in [2.05, 4.69) is 28.7 Å². The number of piperazine rings is 1. The van der Waals surface area contributed by atoms with Crippen molar-refractivity contribution in [3.05, 3.63) is 59.7 Å². The summed E-state index contributed by atoms with van der Waals surface area (Å²) in [4.78, 5) is 21.4. The van der Waals surface area contributed by atoms with Crippen LogP contribution in [-0.4, -0.2) is 53.7 Å². The summed E-state index contributed by atoms with van der Waals surface area (Å²) in [5.41, 5.74) is 8.79. The number of anilines is 1. The molecule has 2 N–H and O–H groups in total. The molecule has 7 heteroatoms. The SMILES string of the molecule is CN1CCN(c2cccc3c2nc(CC#Cc2ccc(F)cc2)n3C(N)=O)CC1. The van der Waals surface area contributed by atoms with Crippen LogP contribution in [0.3, 0.4) is 0 Å². The Kier molecular flexibility index (Phi) is 5.19. The number of benzene rings is 2. The standard InChI is InChI=1S/C22H22FN5O/c1-26-12-14-27(15-13-26)18-5-3-6-19-21(18)25-20(28(19)22(24)29)7-2-4-16-8-10-17(23)11-9-16/h3,5-6,8-11H,7,12-15H2,1H3,(H2,24,29). The van der Waals surface area contributed by atoms with Gasteiger partial charge in [-0.05, 0) is 43.4 Å². The lowest BCUT2D eigenvalue weighted by molar-refractivity contribution is 0.250. The number of nitrogens with zero attached hydrogens (tertiary/aromatic N) is 4. The van der Waals surface area contributed by atoms with Crippen molar-refractivity contribution in [2.24, 2.45) is 5.73 Å². The number of aromatic nitrogens is 2. The predicted molar refractivity (Wildman–Crippen MR) is 111 cm³/mol. The van der Waals surface area contributed by atoms with Gasteiger partial charge in [0, 0.05) is 31.7 Å². The molecule has 148 valence electrons. The second-order valence-electron chi connectivity index (χ2n) is 7.12. The molecule has 0 saturated carbocycles. The maximum atomic E-state index is 13.0. The number of para-hydroxylation sites is 1. The van der Waals surface area contributed by atoms with E-state index in [1.54, 1.807) is 12.1 Å². The summed E-state index contributed by atoms with van der Waals surface area (Å²) in [6.07, 6.45) is 0.261. The maximum Gasteiger partial charge on any atom is 0.324 e. The molecule has 4 rings (SSSR count). The largest absolute Gasteiger partial charge is 0.367 e. The number of carbonyl (C=O) groups excluding carboxylic acids is 1.